The van der Waals surface area contributed by atoms with Gasteiger partial charge in [0.1, 0.15) is 0 Å². The summed E-state index contributed by atoms with van der Waals surface area (Å²) in [4.78, 5) is 12.9. The van der Waals surface area contributed by atoms with Crippen molar-refractivity contribution in [2.75, 3.05) is 13.1 Å². The summed E-state index contributed by atoms with van der Waals surface area (Å²) in [5, 5.41) is 4.24. The Bertz CT molecular complexity index is 1030. The number of nitrogens with zero attached hydrogens (tertiary/aromatic N) is 2. The summed E-state index contributed by atoms with van der Waals surface area (Å²) < 4.78 is 27.4. The minimum Gasteiger partial charge on any atom is -0.267 e. The van der Waals surface area contributed by atoms with Crippen LogP contribution in [0.3, 0.4) is 0 Å². The second-order valence-electron chi connectivity index (χ2n) is 9.01. The van der Waals surface area contributed by atoms with Crippen LogP contribution in [-0.4, -0.2) is 37.9 Å². The predicted octanol–water partition coefficient (Wildman–Crippen LogP) is 5.41. The second-order valence-corrected chi connectivity index (χ2v) is 10.9. The van der Waals surface area contributed by atoms with E-state index in [-0.39, 0.29) is 16.4 Å². The van der Waals surface area contributed by atoms with Crippen molar-refractivity contribution in [1.82, 2.24) is 9.73 Å². The highest BCUT2D eigenvalue weighted by Crippen LogP contribution is 2.21. The van der Waals surface area contributed by atoms with Crippen LogP contribution in [0.5, 0.6) is 0 Å². The third kappa shape index (κ3) is 7.77. The van der Waals surface area contributed by atoms with Crippen LogP contribution in [0.15, 0.2) is 64.6 Å². The van der Waals surface area contributed by atoms with Crippen LogP contribution in [0.4, 0.5) is 0 Å². The third-order valence-corrected chi connectivity index (χ3v) is 8.16. The van der Waals surface area contributed by atoms with E-state index in [0.29, 0.717) is 13.1 Å². The van der Waals surface area contributed by atoms with Gasteiger partial charge >= 0.3 is 0 Å². The van der Waals surface area contributed by atoms with Gasteiger partial charge in [-0.15, -0.1) is 0 Å². The lowest BCUT2D eigenvalue weighted by atomic mass is 9.94. The fourth-order valence-electron chi connectivity index (χ4n) is 4.30. The van der Waals surface area contributed by atoms with Gasteiger partial charge in [0.05, 0.1) is 4.90 Å². The molecule has 0 aliphatic carbocycles. The summed E-state index contributed by atoms with van der Waals surface area (Å²) in [7, 11) is -3.59. The molecular formula is C27H37N3O3S. The molecule has 3 rings (SSSR count). The molecule has 6 nitrogen and oxygen atoms in total. The molecule has 1 fully saturated rings. The minimum absolute atomic E-state index is 0.156. The summed E-state index contributed by atoms with van der Waals surface area (Å²) in [5.41, 5.74) is 4.13. The van der Waals surface area contributed by atoms with Crippen molar-refractivity contribution in [3.8, 4) is 0 Å². The first kappa shape index (κ1) is 26.1. The van der Waals surface area contributed by atoms with E-state index >= 15 is 0 Å². The minimum atomic E-state index is -3.59. The standard InChI is InChI=1S/C27H37N3O3S/c1-2-3-4-7-15-24(20-23-13-8-5-9-14-23)22-28-29-27(31)25-16-12-17-26(21-25)34(32,33)30-18-10-6-11-19-30/h5,8-9,12-14,16-17,21-22,24H,2-4,6-7,10-11,15,18-20H2,1H3,(H,29,31)/b28-22+. The molecule has 0 aromatic heterocycles. The Hall–Kier alpha value is -2.51. The molecule has 1 aliphatic rings. The Kier molecular flexibility index (Phi) is 10.3. The summed E-state index contributed by atoms with van der Waals surface area (Å²) >= 11 is 0. The fraction of sp³-hybridized carbons (Fsp3) is 0.481. The van der Waals surface area contributed by atoms with Gasteiger partial charge in [0.2, 0.25) is 10.0 Å². The van der Waals surface area contributed by atoms with E-state index in [1.165, 1.54) is 35.2 Å². The van der Waals surface area contributed by atoms with Crippen LogP contribution in [0.1, 0.15) is 74.2 Å². The Balaban J connectivity index is 1.63. The van der Waals surface area contributed by atoms with Crippen molar-refractivity contribution in [3.63, 3.8) is 0 Å². The number of sulfonamides is 1. The van der Waals surface area contributed by atoms with E-state index in [9.17, 15) is 13.2 Å². The lowest BCUT2D eigenvalue weighted by Crippen LogP contribution is -2.35. The van der Waals surface area contributed by atoms with Crippen molar-refractivity contribution in [3.05, 3.63) is 65.7 Å². The summed E-state index contributed by atoms with van der Waals surface area (Å²) in [6, 6.07) is 16.5. The number of amides is 1. The van der Waals surface area contributed by atoms with Gasteiger partial charge in [-0.1, -0.05) is 75.4 Å². The first-order valence-corrected chi connectivity index (χ1v) is 13.9. The molecule has 2 aromatic carbocycles. The Morgan fingerprint density at radius 3 is 2.53 bits per heavy atom. The molecule has 7 heteroatoms. The number of carbonyl (C=O) groups is 1. The third-order valence-electron chi connectivity index (χ3n) is 6.27. The average Bonchev–Trinajstić information content (AvgIpc) is 2.87. The lowest BCUT2D eigenvalue weighted by Gasteiger charge is -2.25. The predicted molar refractivity (Wildman–Crippen MR) is 137 cm³/mol. The van der Waals surface area contributed by atoms with Gasteiger partial charge in [0.15, 0.2) is 0 Å². The number of carbonyl (C=O) groups excluding carboxylic acids is 1. The summed E-state index contributed by atoms with van der Waals surface area (Å²) in [6.45, 7) is 3.26. The molecule has 2 aromatic rings. The highest BCUT2D eigenvalue weighted by molar-refractivity contribution is 7.89. The van der Waals surface area contributed by atoms with E-state index in [1.807, 2.05) is 24.4 Å². The SMILES string of the molecule is CCCCCCC(/C=N/NC(=O)c1cccc(S(=O)(=O)N2CCCCC2)c1)Cc1ccccc1. The molecule has 1 amide bonds. The van der Waals surface area contributed by atoms with E-state index in [4.69, 9.17) is 0 Å². The fourth-order valence-corrected chi connectivity index (χ4v) is 5.86. The quantitative estimate of drug-likeness (QED) is 0.249. The molecule has 1 unspecified atom stereocenters. The van der Waals surface area contributed by atoms with Crippen molar-refractivity contribution < 1.29 is 13.2 Å². The molecule has 1 saturated heterocycles. The molecule has 1 atom stereocenters. The molecule has 34 heavy (non-hydrogen) atoms. The molecule has 1 aliphatic heterocycles. The van der Waals surface area contributed by atoms with E-state index < -0.39 is 15.9 Å². The number of hydrogen-bond donors (Lipinski definition) is 1. The molecular weight excluding hydrogens is 446 g/mol. The summed E-state index contributed by atoms with van der Waals surface area (Å²) in [5.74, 6) is -0.179. The number of hydrazone groups is 1. The first-order chi connectivity index (χ1) is 16.5. The largest absolute Gasteiger partial charge is 0.271 e. The maximum atomic E-state index is 13.0. The average molecular weight is 484 g/mol. The second kappa shape index (κ2) is 13.4. The molecule has 0 saturated carbocycles. The maximum Gasteiger partial charge on any atom is 0.271 e. The van der Waals surface area contributed by atoms with E-state index in [0.717, 1.165) is 38.5 Å². The van der Waals surface area contributed by atoms with Gasteiger partial charge in [-0.25, -0.2) is 13.8 Å². The van der Waals surface area contributed by atoms with Crippen LogP contribution in [0.25, 0.3) is 0 Å². The zero-order valence-electron chi connectivity index (χ0n) is 20.2. The Labute approximate surface area is 204 Å². The van der Waals surface area contributed by atoms with Gasteiger partial charge in [-0.3, -0.25) is 4.79 Å². The van der Waals surface area contributed by atoms with Gasteiger partial charge in [-0.2, -0.15) is 9.41 Å². The van der Waals surface area contributed by atoms with Crippen LogP contribution in [-0.2, 0) is 16.4 Å². The maximum absolute atomic E-state index is 13.0. The molecule has 184 valence electrons. The number of benzene rings is 2. The normalized spacial score (nSPS) is 15.9. The summed E-state index contributed by atoms with van der Waals surface area (Å²) in [6.07, 6.45) is 11.2. The van der Waals surface area contributed by atoms with Crippen molar-refractivity contribution in [1.29, 1.82) is 0 Å². The number of piperidine rings is 1. The van der Waals surface area contributed by atoms with Crippen LogP contribution in [0, 0.1) is 5.92 Å². The number of rotatable bonds is 12. The molecule has 0 spiro atoms. The van der Waals surface area contributed by atoms with Gasteiger partial charge in [-0.05, 0) is 49.4 Å². The Morgan fingerprint density at radius 2 is 1.79 bits per heavy atom. The molecule has 0 radical (unpaired) electrons. The Morgan fingerprint density at radius 1 is 1.03 bits per heavy atom. The lowest BCUT2D eigenvalue weighted by molar-refractivity contribution is 0.0954. The van der Waals surface area contributed by atoms with Crippen LogP contribution < -0.4 is 5.43 Å². The topological polar surface area (TPSA) is 78.8 Å². The van der Waals surface area contributed by atoms with Crippen molar-refractivity contribution in [2.45, 2.75) is 69.6 Å². The zero-order valence-corrected chi connectivity index (χ0v) is 21.0. The van der Waals surface area contributed by atoms with Crippen LogP contribution in [0.2, 0.25) is 0 Å². The monoisotopic (exact) mass is 483 g/mol. The van der Waals surface area contributed by atoms with Crippen LogP contribution >= 0.6 is 0 Å². The molecule has 0 bridgehead atoms. The zero-order chi connectivity index (χ0) is 24.2. The highest BCUT2D eigenvalue weighted by Gasteiger charge is 2.26. The number of unbranched alkanes of at least 4 members (excludes halogenated alkanes) is 3. The van der Waals surface area contributed by atoms with E-state index in [2.05, 4.69) is 29.6 Å². The molecule has 1 heterocycles. The highest BCUT2D eigenvalue weighted by atomic mass is 32.2. The van der Waals surface area contributed by atoms with Crippen molar-refractivity contribution >= 4 is 22.1 Å². The van der Waals surface area contributed by atoms with Crippen molar-refractivity contribution in [2.24, 2.45) is 11.0 Å². The van der Waals surface area contributed by atoms with Gasteiger partial charge in [0.25, 0.3) is 5.91 Å². The van der Waals surface area contributed by atoms with Gasteiger partial charge in [0, 0.05) is 30.8 Å². The first-order valence-electron chi connectivity index (χ1n) is 12.5. The van der Waals surface area contributed by atoms with Gasteiger partial charge < -0.3 is 0 Å². The smallest absolute Gasteiger partial charge is 0.267 e. The number of nitrogens with one attached hydrogen (secondary N) is 1. The molecule has 1 N–H and O–H groups in total. The van der Waals surface area contributed by atoms with E-state index in [1.54, 1.807) is 18.2 Å². The number of hydrogen-bond acceptors (Lipinski definition) is 4.